The highest BCUT2D eigenvalue weighted by atomic mass is 35.5. The molecule has 1 N–H and O–H groups in total. The van der Waals surface area contributed by atoms with Gasteiger partial charge in [0.2, 0.25) is 0 Å². The van der Waals surface area contributed by atoms with Crippen molar-refractivity contribution in [2.75, 3.05) is 6.61 Å². The van der Waals surface area contributed by atoms with Gasteiger partial charge in [0.05, 0.1) is 12.3 Å². The van der Waals surface area contributed by atoms with Crippen molar-refractivity contribution in [1.29, 1.82) is 0 Å². The average Bonchev–Trinajstić information content (AvgIpc) is 3.09. The molecule has 0 radical (unpaired) electrons. The quantitative estimate of drug-likeness (QED) is 0.318. The van der Waals surface area contributed by atoms with E-state index in [9.17, 15) is 10.0 Å². The summed E-state index contributed by atoms with van der Waals surface area (Å²) >= 11 is 6.13. The Hall–Kier alpha value is -3.12. The molecule has 132 valence electrons. The van der Waals surface area contributed by atoms with Crippen molar-refractivity contribution in [2.24, 2.45) is 5.16 Å². The van der Waals surface area contributed by atoms with Gasteiger partial charge in [0.15, 0.2) is 5.17 Å². The van der Waals surface area contributed by atoms with Crippen molar-refractivity contribution in [1.82, 2.24) is 9.78 Å². The van der Waals surface area contributed by atoms with Gasteiger partial charge in [-0.1, -0.05) is 65.3 Å². The largest absolute Gasteiger partial charge is 0.462 e. The topological polar surface area (TPSA) is 76.7 Å². The van der Waals surface area contributed by atoms with E-state index in [4.69, 9.17) is 16.3 Å². The Balaban J connectivity index is 2.34. The van der Waals surface area contributed by atoms with Crippen LogP contribution in [0, 0.1) is 0 Å². The molecule has 3 rings (SSSR count). The van der Waals surface area contributed by atoms with Crippen LogP contribution in [0.15, 0.2) is 65.8 Å². The predicted octanol–water partition coefficient (Wildman–Crippen LogP) is 4.09. The maximum Gasteiger partial charge on any atom is 0.342 e. The van der Waals surface area contributed by atoms with Crippen LogP contribution in [-0.2, 0) is 4.74 Å². The van der Waals surface area contributed by atoms with E-state index in [1.54, 1.807) is 6.92 Å². The lowest BCUT2D eigenvalue weighted by molar-refractivity contribution is 0.0527. The molecule has 7 heteroatoms. The fourth-order valence-corrected chi connectivity index (χ4v) is 2.78. The van der Waals surface area contributed by atoms with Gasteiger partial charge >= 0.3 is 5.97 Å². The number of rotatable bonds is 5. The average molecular weight is 370 g/mol. The number of halogens is 1. The molecule has 26 heavy (non-hydrogen) atoms. The lowest BCUT2D eigenvalue weighted by Gasteiger charge is -2.07. The van der Waals surface area contributed by atoms with Crippen molar-refractivity contribution in [2.45, 2.75) is 6.92 Å². The second-order valence-electron chi connectivity index (χ2n) is 5.30. The van der Waals surface area contributed by atoms with E-state index >= 15 is 0 Å². The van der Waals surface area contributed by atoms with Crippen molar-refractivity contribution in [3.8, 4) is 16.9 Å². The van der Waals surface area contributed by atoms with Gasteiger partial charge in [-0.05, 0) is 19.1 Å². The van der Waals surface area contributed by atoms with Crippen LogP contribution in [0.25, 0.3) is 16.9 Å². The van der Waals surface area contributed by atoms with E-state index in [-0.39, 0.29) is 23.0 Å². The molecule has 3 aromatic rings. The molecule has 0 aliphatic rings. The molecule has 2 aromatic carbocycles. The third-order valence-electron chi connectivity index (χ3n) is 3.70. The number of carbonyl (C=O) groups excluding carboxylic acids is 1. The van der Waals surface area contributed by atoms with Crippen molar-refractivity contribution in [3.05, 3.63) is 71.9 Å². The van der Waals surface area contributed by atoms with E-state index in [1.807, 2.05) is 60.7 Å². The molecule has 1 heterocycles. The predicted molar refractivity (Wildman–Crippen MR) is 99.1 cm³/mol. The summed E-state index contributed by atoms with van der Waals surface area (Å²) in [6.45, 7) is 1.90. The highest BCUT2D eigenvalue weighted by Gasteiger charge is 2.29. The van der Waals surface area contributed by atoms with E-state index < -0.39 is 5.97 Å². The smallest absolute Gasteiger partial charge is 0.342 e. The number of ether oxygens (including phenoxy) is 1. The minimum atomic E-state index is -0.592. The fourth-order valence-electron chi connectivity index (χ4n) is 2.61. The summed E-state index contributed by atoms with van der Waals surface area (Å²) in [7, 11) is 0. The number of carbonyl (C=O) groups is 1. The van der Waals surface area contributed by atoms with Crippen molar-refractivity contribution < 1.29 is 14.7 Å². The van der Waals surface area contributed by atoms with Crippen molar-refractivity contribution in [3.63, 3.8) is 0 Å². The lowest BCUT2D eigenvalue weighted by Crippen LogP contribution is -2.13. The number of aromatic nitrogens is 2. The van der Waals surface area contributed by atoms with Crippen LogP contribution in [0.5, 0.6) is 0 Å². The number of para-hydroxylation sites is 1. The van der Waals surface area contributed by atoms with Crippen LogP contribution in [0.1, 0.15) is 23.0 Å². The van der Waals surface area contributed by atoms with Crippen LogP contribution in [0.4, 0.5) is 0 Å². The Morgan fingerprint density at radius 2 is 1.77 bits per heavy atom. The maximum atomic E-state index is 12.7. The molecular weight excluding hydrogens is 354 g/mol. The van der Waals surface area contributed by atoms with Gasteiger partial charge in [0.25, 0.3) is 0 Å². The number of hydrogen-bond acceptors (Lipinski definition) is 5. The summed E-state index contributed by atoms with van der Waals surface area (Å²) in [6.07, 6.45) is 0. The molecule has 0 atom stereocenters. The van der Waals surface area contributed by atoms with Crippen molar-refractivity contribution >= 4 is 22.7 Å². The first-order valence-corrected chi connectivity index (χ1v) is 8.34. The number of hydrogen-bond donors (Lipinski definition) is 1. The molecule has 0 unspecified atom stereocenters. The first kappa shape index (κ1) is 17.7. The van der Waals surface area contributed by atoms with Gasteiger partial charge in [-0.25, -0.2) is 9.48 Å². The SMILES string of the molecule is CCOC(=O)c1c(-c2ccccc2)nn(-c2ccccc2)c1/C(Cl)=N/O. The number of oxime groups is 1. The van der Waals surface area contributed by atoms with Crippen LogP contribution >= 0.6 is 11.6 Å². The molecule has 0 saturated heterocycles. The molecule has 0 saturated carbocycles. The minimum absolute atomic E-state index is 0.143. The summed E-state index contributed by atoms with van der Waals surface area (Å²) in [5.41, 5.74) is 2.08. The summed E-state index contributed by atoms with van der Waals surface area (Å²) < 4.78 is 6.66. The second kappa shape index (κ2) is 7.84. The second-order valence-corrected chi connectivity index (χ2v) is 5.65. The first-order valence-electron chi connectivity index (χ1n) is 7.96. The molecule has 0 amide bonds. The minimum Gasteiger partial charge on any atom is -0.462 e. The monoisotopic (exact) mass is 369 g/mol. The summed E-state index contributed by atoms with van der Waals surface area (Å²) in [5.74, 6) is -0.592. The summed E-state index contributed by atoms with van der Waals surface area (Å²) in [5, 5.41) is 16.6. The number of esters is 1. The van der Waals surface area contributed by atoms with Gasteiger partial charge in [0, 0.05) is 5.56 Å². The molecule has 0 spiro atoms. The highest BCUT2D eigenvalue weighted by molar-refractivity contribution is 6.69. The highest BCUT2D eigenvalue weighted by Crippen LogP contribution is 2.29. The third-order valence-corrected chi connectivity index (χ3v) is 3.95. The zero-order valence-electron chi connectivity index (χ0n) is 14.0. The Morgan fingerprint density at radius 1 is 1.15 bits per heavy atom. The molecule has 0 aliphatic carbocycles. The van der Waals surface area contributed by atoms with Crippen LogP contribution < -0.4 is 0 Å². The van der Waals surface area contributed by atoms with Crippen LogP contribution in [0.2, 0.25) is 0 Å². The number of benzene rings is 2. The maximum absolute atomic E-state index is 12.7. The summed E-state index contributed by atoms with van der Waals surface area (Å²) in [6, 6.07) is 18.3. The third kappa shape index (κ3) is 3.32. The molecule has 0 bridgehead atoms. The van der Waals surface area contributed by atoms with Gasteiger partial charge in [-0.3, -0.25) is 0 Å². The van der Waals surface area contributed by atoms with E-state index in [2.05, 4.69) is 10.3 Å². The fraction of sp³-hybridized carbons (Fsp3) is 0.105. The zero-order chi connectivity index (χ0) is 18.5. The van der Waals surface area contributed by atoms with Gasteiger partial charge in [0.1, 0.15) is 17.0 Å². The Morgan fingerprint density at radius 3 is 2.35 bits per heavy atom. The zero-order valence-corrected chi connectivity index (χ0v) is 14.7. The molecule has 1 aromatic heterocycles. The number of nitrogens with zero attached hydrogens (tertiary/aromatic N) is 3. The molecule has 0 fully saturated rings. The lowest BCUT2D eigenvalue weighted by atomic mass is 10.1. The van der Waals surface area contributed by atoms with Gasteiger partial charge in [-0.15, -0.1) is 0 Å². The summed E-state index contributed by atoms with van der Waals surface area (Å²) in [4.78, 5) is 12.7. The molecule has 0 aliphatic heterocycles. The van der Waals surface area contributed by atoms with E-state index in [1.165, 1.54) is 4.68 Å². The normalized spacial score (nSPS) is 11.4. The van der Waals surface area contributed by atoms with E-state index in [0.29, 0.717) is 16.9 Å². The van der Waals surface area contributed by atoms with Gasteiger partial charge < -0.3 is 9.94 Å². The van der Waals surface area contributed by atoms with Crippen LogP contribution in [0.3, 0.4) is 0 Å². The Labute approximate surface area is 155 Å². The Bertz CT molecular complexity index is 937. The van der Waals surface area contributed by atoms with E-state index in [0.717, 1.165) is 0 Å². The molecular formula is C19H16ClN3O3. The van der Waals surface area contributed by atoms with Crippen LogP contribution in [-0.4, -0.2) is 32.7 Å². The first-order chi connectivity index (χ1) is 12.7. The van der Waals surface area contributed by atoms with Gasteiger partial charge in [-0.2, -0.15) is 5.10 Å². The standard InChI is InChI=1S/C19H16ClN3O3/c1-2-26-19(24)15-16(13-9-5-3-6-10-13)21-23(17(15)18(20)22-25)14-11-7-4-8-12-14/h3-12,25H,2H2,1H3/b22-18-. The molecule has 6 nitrogen and oxygen atoms in total. The Kier molecular flexibility index (Phi) is 5.34.